The van der Waals surface area contributed by atoms with E-state index in [1.54, 1.807) is 0 Å². The number of fused-ring (bicyclic) bond motifs is 1. The highest BCUT2D eigenvalue weighted by Crippen LogP contribution is 2.29. The van der Waals surface area contributed by atoms with Gasteiger partial charge in [-0.25, -0.2) is 0 Å². The fourth-order valence-electron chi connectivity index (χ4n) is 2.76. The molecule has 1 heterocycles. The van der Waals surface area contributed by atoms with Crippen molar-refractivity contribution in [2.24, 2.45) is 5.92 Å². The van der Waals surface area contributed by atoms with Crippen molar-refractivity contribution in [2.45, 2.75) is 19.3 Å². The second kappa shape index (κ2) is 7.49. The summed E-state index contributed by atoms with van der Waals surface area (Å²) < 4.78 is 1.72. The highest BCUT2D eigenvalue weighted by molar-refractivity contribution is 9.11. The molecule has 0 saturated heterocycles. The van der Waals surface area contributed by atoms with Crippen LogP contribution in [0.4, 0.5) is 11.4 Å². The largest absolute Gasteiger partial charge is 0.326 e. The van der Waals surface area contributed by atoms with E-state index < -0.39 is 0 Å². The molecule has 1 atom stereocenters. The highest BCUT2D eigenvalue weighted by atomic mass is 79.9. The van der Waals surface area contributed by atoms with Crippen LogP contribution in [0.3, 0.4) is 0 Å². The maximum Gasteiger partial charge on any atom is 0.227 e. The van der Waals surface area contributed by atoms with Gasteiger partial charge in [0.05, 0.1) is 5.69 Å². The number of carbonyl (C=O) groups excluding carboxylic acids is 2. The third-order valence-corrected chi connectivity index (χ3v) is 5.22. The molecule has 124 valence electrons. The molecule has 6 heteroatoms. The Morgan fingerprint density at radius 1 is 1.21 bits per heavy atom. The Balaban J connectivity index is 1.59. The van der Waals surface area contributed by atoms with Gasteiger partial charge >= 0.3 is 0 Å². The molecule has 2 aromatic rings. The molecule has 4 nitrogen and oxygen atoms in total. The average Bonchev–Trinajstić information content (AvgIpc) is 2.56. The first-order valence-electron chi connectivity index (χ1n) is 7.66. The molecule has 1 unspecified atom stereocenters. The van der Waals surface area contributed by atoms with E-state index in [1.807, 2.05) is 42.5 Å². The number of rotatable bonds is 4. The van der Waals surface area contributed by atoms with Gasteiger partial charge in [0.2, 0.25) is 11.8 Å². The smallest absolute Gasteiger partial charge is 0.227 e. The minimum absolute atomic E-state index is 0.00913. The number of hydrogen-bond acceptors (Lipinski definition) is 2. The molecule has 0 spiro atoms. The minimum Gasteiger partial charge on any atom is -0.326 e. The summed E-state index contributed by atoms with van der Waals surface area (Å²) in [5.74, 6) is -0.276. The lowest BCUT2D eigenvalue weighted by Gasteiger charge is -2.24. The summed E-state index contributed by atoms with van der Waals surface area (Å²) in [5.41, 5.74) is 2.71. The van der Waals surface area contributed by atoms with Crippen molar-refractivity contribution in [2.75, 3.05) is 10.6 Å². The van der Waals surface area contributed by atoms with Crippen LogP contribution in [0, 0.1) is 5.92 Å². The number of carbonyl (C=O) groups is 2. The van der Waals surface area contributed by atoms with E-state index in [0.717, 1.165) is 20.2 Å². The Hall–Kier alpha value is -1.66. The van der Waals surface area contributed by atoms with Crippen LogP contribution in [0.25, 0.3) is 0 Å². The third-order valence-electron chi connectivity index (χ3n) is 4.03. The SMILES string of the molecule is O=C(CCC1Cc2ccccc2NC1=O)Nc1cc(Br)ccc1Br. The maximum absolute atomic E-state index is 12.2. The van der Waals surface area contributed by atoms with Crippen LogP contribution in [0.2, 0.25) is 0 Å². The average molecular weight is 452 g/mol. The number of nitrogens with one attached hydrogen (secondary N) is 2. The molecule has 2 N–H and O–H groups in total. The van der Waals surface area contributed by atoms with Gasteiger partial charge in [-0.1, -0.05) is 34.1 Å². The van der Waals surface area contributed by atoms with E-state index in [4.69, 9.17) is 0 Å². The van der Waals surface area contributed by atoms with Gasteiger partial charge in [-0.05, 0) is 58.6 Å². The lowest BCUT2D eigenvalue weighted by atomic mass is 9.89. The Kier molecular flexibility index (Phi) is 5.36. The van der Waals surface area contributed by atoms with Gasteiger partial charge in [-0.3, -0.25) is 9.59 Å². The predicted molar refractivity (Wildman–Crippen MR) is 102 cm³/mol. The van der Waals surface area contributed by atoms with E-state index in [0.29, 0.717) is 24.9 Å². The number of benzene rings is 2. The number of hydrogen-bond donors (Lipinski definition) is 2. The van der Waals surface area contributed by atoms with E-state index in [-0.39, 0.29) is 17.7 Å². The molecule has 0 radical (unpaired) electrons. The topological polar surface area (TPSA) is 58.2 Å². The molecule has 2 aromatic carbocycles. The fourth-order valence-corrected chi connectivity index (χ4v) is 3.46. The molecule has 3 rings (SSSR count). The molecule has 0 aromatic heterocycles. The van der Waals surface area contributed by atoms with Crippen LogP contribution in [0.1, 0.15) is 18.4 Å². The van der Waals surface area contributed by atoms with Crippen molar-refractivity contribution >= 4 is 55.0 Å². The van der Waals surface area contributed by atoms with Crippen LogP contribution in [0.15, 0.2) is 51.4 Å². The van der Waals surface area contributed by atoms with Crippen LogP contribution in [-0.2, 0) is 16.0 Å². The van der Waals surface area contributed by atoms with Gasteiger partial charge in [0, 0.05) is 27.0 Å². The van der Waals surface area contributed by atoms with Crippen molar-refractivity contribution < 1.29 is 9.59 Å². The zero-order valence-corrected chi connectivity index (χ0v) is 16.0. The lowest BCUT2D eigenvalue weighted by Crippen LogP contribution is -2.30. The van der Waals surface area contributed by atoms with Gasteiger partial charge in [0.15, 0.2) is 0 Å². The van der Waals surface area contributed by atoms with Crippen molar-refractivity contribution in [3.63, 3.8) is 0 Å². The zero-order chi connectivity index (χ0) is 17.1. The normalized spacial score (nSPS) is 16.2. The standard InChI is InChI=1S/C18H16Br2N2O2/c19-13-6-7-14(20)16(10-13)21-17(23)8-5-12-9-11-3-1-2-4-15(11)22-18(12)24/h1-4,6-7,10,12H,5,8-9H2,(H,21,23)(H,22,24). The molecule has 1 aliphatic heterocycles. The first-order chi connectivity index (χ1) is 11.5. The van der Waals surface area contributed by atoms with Crippen molar-refractivity contribution in [3.05, 3.63) is 57.0 Å². The minimum atomic E-state index is -0.170. The Morgan fingerprint density at radius 2 is 2.00 bits per heavy atom. The quantitative estimate of drug-likeness (QED) is 0.705. The van der Waals surface area contributed by atoms with Crippen LogP contribution in [-0.4, -0.2) is 11.8 Å². The van der Waals surface area contributed by atoms with E-state index in [1.165, 1.54) is 0 Å². The number of halogens is 2. The molecule has 1 aliphatic rings. The summed E-state index contributed by atoms with van der Waals surface area (Å²) in [6.07, 6.45) is 1.51. The number of anilines is 2. The second-order valence-corrected chi connectivity index (χ2v) is 7.53. The summed E-state index contributed by atoms with van der Waals surface area (Å²) in [7, 11) is 0. The summed E-state index contributed by atoms with van der Waals surface area (Å²) in [5, 5.41) is 5.79. The fraction of sp³-hybridized carbons (Fsp3) is 0.222. The molecule has 2 amide bonds. The van der Waals surface area contributed by atoms with Gasteiger partial charge in [0.1, 0.15) is 0 Å². The van der Waals surface area contributed by atoms with Crippen LogP contribution >= 0.6 is 31.9 Å². The van der Waals surface area contributed by atoms with Gasteiger partial charge < -0.3 is 10.6 Å². The van der Waals surface area contributed by atoms with Crippen molar-refractivity contribution in [1.29, 1.82) is 0 Å². The van der Waals surface area contributed by atoms with Gasteiger partial charge in [0.25, 0.3) is 0 Å². The molecule has 0 saturated carbocycles. The molecule has 0 fully saturated rings. The zero-order valence-electron chi connectivity index (χ0n) is 12.8. The molecule has 0 aliphatic carbocycles. The summed E-state index contributed by atoms with van der Waals surface area (Å²) in [6, 6.07) is 13.4. The molecule has 0 bridgehead atoms. The summed E-state index contributed by atoms with van der Waals surface area (Å²) >= 11 is 6.80. The van der Waals surface area contributed by atoms with Gasteiger partial charge in [-0.15, -0.1) is 0 Å². The molecular formula is C18H16Br2N2O2. The van der Waals surface area contributed by atoms with Crippen molar-refractivity contribution in [1.82, 2.24) is 0 Å². The molecule has 24 heavy (non-hydrogen) atoms. The number of amides is 2. The van der Waals surface area contributed by atoms with Crippen molar-refractivity contribution in [3.8, 4) is 0 Å². The van der Waals surface area contributed by atoms with Crippen LogP contribution in [0.5, 0.6) is 0 Å². The van der Waals surface area contributed by atoms with Gasteiger partial charge in [-0.2, -0.15) is 0 Å². The monoisotopic (exact) mass is 450 g/mol. The highest BCUT2D eigenvalue weighted by Gasteiger charge is 2.26. The van der Waals surface area contributed by atoms with E-state index in [9.17, 15) is 9.59 Å². The van der Waals surface area contributed by atoms with E-state index >= 15 is 0 Å². The maximum atomic E-state index is 12.2. The second-order valence-electron chi connectivity index (χ2n) is 5.76. The number of para-hydroxylation sites is 1. The van der Waals surface area contributed by atoms with Crippen LogP contribution < -0.4 is 10.6 Å². The third kappa shape index (κ3) is 4.05. The van der Waals surface area contributed by atoms with E-state index in [2.05, 4.69) is 42.5 Å². The Bertz CT molecular complexity index is 792. The first-order valence-corrected chi connectivity index (χ1v) is 9.25. The summed E-state index contributed by atoms with van der Waals surface area (Å²) in [6.45, 7) is 0. The summed E-state index contributed by atoms with van der Waals surface area (Å²) in [4.78, 5) is 24.4. The molecular weight excluding hydrogens is 436 g/mol. The Labute approximate surface area is 157 Å². The predicted octanol–water partition coefficient (Wildman–Crippen LogP) is 4.74. The first kappa shape index (κ1) is 17.2. The Morgan fingerprint density at radius 3 is 2.83 bits per heavy atom. The lowest BCUT2D eigenvalue weighted by molar-refractivity contribution is -0.121.